The zero-order valence-corrected chi connectivity index (χ0v) is 17.6. The predicted molar refractivity (Wildman–Crippen MR) is 118 cm³/mol. The highest BCUT2D eigenvalue weighted by atomic mass is 19.4. The fraction of sp³-hybridized carbons (Fsp3) is 0.200. The van der Waals surface area contributed by atoms with E-state index >= 15 is 0 Å². The van der Waals surface area contributed by atoms with Gasteiger partial charge in [-0.05, 0) is 60.5 Å². The van der Waals surface area contributed by atoms with Crippen molar-refractivity contribution < 1.29 is 22.6 Å². The van der Waals surface area contributed by atoms with Crippen molar-refractivity contribution in [2.45, 2.75) is 13.1 Å². The molecule has 0 fully saturated rings. The Bertz CT molecular complexity index is 1220. The van der Waals surface area contributed by atoms with Crippen LogP contribution in [0.3, 0.4) is 0 Å². The van der Waals surface area contributed by atoms with Gasteiger partial charge in [0.1, 0.15) is 12.4 Å². The molecule has 32 heavy (non-hydrogen) atoms. The Kier molecular flexibility index (Phi) is 6.10. The normalized spacial score (nSPS) is 11.7. The van der Waals surface area contributed by atoms with Crippen LogP contribution < -0.4 is 4.74 Å². The Hall–Kier alpha value is -3.45. The number of hydrogen-bond donors (Lipinski definition) is 0. The molecular formula is C25H21F3N2O2. The third kappa shape index (κ3) is 4.73. The van der Waals surface area contributed by atoms with Gasteiger partial charge in [0.15, 0.2) is 0 Å². The first-order valence-corrected chi connectivity index (χ1v) is 10.0. The van der Waals surface area contributed by atoms with E-state index in [1.807, 2.05) is 36.4 Å². The van der Waals surface area contributed by atoms with Crippen molar-refractivity contribution >= 4 is 10.9 Å². The summed E-state index contributed by atoms with van der Waals surface area (Å²) in [5.74, 6) is 0.764. The molecule has 0 amide bonds. The minimum absolute atomic E-state index is 0.480. The molecular weight excluding hydrogens is 417 g/mol. The molecule has 4 nitrogen and oxygen atoms in total. The number of ether oxygens (including phenoxy) is 2. The van der Waals surface area contributed by atoms with E-state index in [4.69, 9.17) is 9.47 Å². The van der Waals surface area contributed by atoms with E-state index in [-0.39, 0.29) is 0 Å². The number of fused-ring (bicyclic) bond motifs is 1. The van der Waals surface area contributed by atoms with Crippen molar-refractivity contribution in [3.8, 4) is 28.3 Å². The molecule has 0 aliphatic carbocycles. The van der Waals surface area contributed by atoms with Crippen molar-refractivity contribution in [2.75, 3.05) is 20.3 Å². The third-order valence-electron chi connectivity index (χ3n) is 5.11. The number of rotatable bonds is 6. The first-order chi connectivity index (χ1) is 15.3. The van der Waals surface area contributed by atoms with Gasteiger partial charge >= 0.3 is 6.18 Å². The number of pyridine rings is 2. The summed E-state index contributed by atoms with van der Waals surface area (Å²) in [6.45, 7) is 2.79. The SMILES string of the molecule is COCCOc1ccc(-c2ccc(-c3cc(C)c4cc(C(F)(F)F)ccc4n3)nc2)cc1. The van der Waals surface area contributed by atoms with Crippen LogP contribution in [0.15, 0.2) is 66.9 Å². The Morgan fingerprint density at radius 1 is 0.844 bits per heavy atom. The smallest absolute Gasteiger partial charge is 0.416 e. The number of nitrogens with zero attached hydrogens (tertiary/aromatic N) is 2. The fourth-order valence-electron chi connectivity index (χ4n) is 3.40. The van der Waals surface area contributed by atoms with E-state index in [2.05, 4.69) is 9.97 Å². The van der Waals surface area contributed by atoms with E-state index in [0.29, 0.717) is 41.1 Å². The van der Waals surface area contributed by atoms with Gasteiger partial charge in [0.05, 0.1) is 29.1 Å². The molecule has 7 heteroatoms. The molecule has 0 N–H and O–H groups in total. The van der Waals surface area contributed by atoms with E-state index in [9.17, 15) is 13.2 Å². The van der Waals surface area contributed by atoms with Crippen molar-refractivity contribution in [3.63, 3.8) is 0 Å². The molecule has 0 saturated heterocycles. The molecule has 2 heterocycles. The second kappa shape index (κ2) is 8.96. The summed E-state index contributed by atoms with van der Waals surface area (Å²) in [7, 11) is 1.63. The van der Waals surface area contributed by atoms with Gasteiger partial charge in [-0.2, -0.15) is 13.2 Å². The summed E-state index contributed by atoms with van der Waals surface area (Å²) < 4.78 is 49.6. The van der Waals surface area contributed by atoms with Crippen LogP contribution in [-0.2, 0) is 10.9 Å². The Labute approximate surface area is 183 Å². The summed E-state index contributed by atoms with van der Waals surface area (Å²) >= 11 is 0. The number of aryl methyl sites for hydroxylation is 1. The van der Waals surface area contributed by atoms with Crippen LogP contribution in [0, 0.1) is 6.92 Å². The molecule has 0 aliphatic rings. The van der Waals surface area contributed by atoms with Gasteiger partial charge < -0.3 is 9.47 Å². The summed E-state index contributed by atoms with van der Waals surface area (Å²) in [6.07, 6.45) is -2.63. The molecule has 0 saturated carbocycles. The van der Waals surface area contributed by atoms with Crippen molar-refractivity contribution in [1.29, 1.82) is 0 Å². The van der Waals surface area contributed by atoms with Gasteiger partial charge in [0.25, 0.3) is 0 Å². The number of aromatic nitrogens is 2. The molecule has 2 aromatic carbocycles. The minimum atomic E-state index is -4.38. The minimum Gasteiger partial charge on any atom is -0.491 e. The molecule has 4 aromatic rings. The van der Waals surface area contributed by atoms with Gasteiger partial charge in [-0.25, -0.2) is 4.98 Å². The van der Waals surface area contributed by atoms with Crippen LogP contribution in [0.1, 0.15) is 11.1 Å². The molecule has 2 aromatic heterocycles. The maximum Gasteiger partial charge on any atom is 0.416 e. The van der Waals surface area contributed by atoms with Gasteiger partial charge in [-0.1, -0.05) is 18.2 Å². The maximum absolute atomic E-state index is 13.0. The largest absolute Gasteiger partial charge is 0.491 e. The summed E-state index contributed by atoms with van der Waals surface area (Å²) in [6, 6.07) is 16.8. The van der Waals surface area contributed by atoms with Crippen molar-refractivity contribution in [3.05, 3.63) is 78.0 Å². The number of alkyl halides is 3. The molecule has 0 bridgehead atoms. The zero-order chi connectivity index (χ0) is 22.7. The average molecular weight is 438 g/mol. The number of benzene rings is 2. The van der Waals surface area contributed by atoms with Crippen LogP contribution in [0.4, 0.5) is 13.2 Å². The number of methoxy groups -OCH3 is 1. The second-order valence-electron chi connectivity index (χ2n) is 7.35. The highest BCUT2D eigenvalue weighted by Crippen LogP contribution is 2.33. The van der Waals surface area contributed by atoms with Crippen LogP contribution in [0.25, 0.3) is 33.4 Å². The number of halogens is 3. The maximum atomic E-state index is 13.0. The lowest BCUT2D eigenvalue weighted by molar-refractivity contribution is -0.137. The van der Waals surface area contributed by atoms with Crippen molar-refractivity contribution in [1.82, 2.24) is 9.97 Å². The standard InChI is InChI=1S/C25H21F3N2O2/c1-16-13-24(30-22-10-6-19(14-21(16)22)25(26,27)28)23-9-5-18(15-29-23)17-3-7-20(8-4-17)32-12-11-31-2/h3-10,13-15H,11-12H2,1-2H3. The van der Waals surface area contributed by atoms with E-state index in [1.165, 1.54) is 6.07 Å². The van der Waals surface area contributed by atoms with Crippen LogP contribution in [-0.4, -0.2) is 30.3 Å². The molecule has 0 atom stereocenters. The molecule has 4 rings (SSSR count). The first-order valence-electron chi connectivity index (χ1n) is 10.0. The predicted octanol–water partition coefficient (Wildman–Crippen LogP) is 6.32. The van der Waals surface area contributed by atoms with Crippen molar-refractivity contribution in [2.24, 2.45) is 0 Å². The van der Waals surface area contributed by atoms with Gasteiger partial charge in [0.2, 0.25) is 0 Å². The molecule has 0 aliphatic heterocycles. The molecule has 0 spiro atoms. The van der Waals surface area contributed by atoms with Crippen LogP contribution >= 0.6 is 0 Å². The van der Waals surface area contributed by atoms with Crippen LogP contribution in [0.5, 0.6) is 5.75 Å². The lowest BCUT2D eigenvalue weighted by Gasteiger charge is -2.11. The monoisotopic (exact) mass is 438 g/mol. The number of hydrogen-bond acceptors (Lipinski definition) is 4. The highest BCUT2D eigenvalue weighted by molar-refractivity contribution is 5.85. The quantitative estimate of drug-likeness (QED) is 0.331. The van der Waals surface area contributed by atoms with Gasteiger partial charge in [0, 0.05) is 24.3 Å². The van der Waals surface area contributed by atoms with Gasteiger partial charge in [-0.15, -0.1) is 0 Å². The Balaban J connectivity index is 1.57. The van der Waals surface area contributed by atoms with Crippen LogP contribution in [0.2, 0.25) is 0 Å². The Morgan fingerprint density at radius 2 is 1.59 bits per heavy atom. The average Bonchev–Trinajstić information content (AvgIpc) is 2.79. The Morgan fingerprint density at radius 3 is 2.25 bits per heavy atom. The summed E-state index contributed by atoms with van der Waals surface area (Å²) in [5, 5.41) is 0.480. The van der Waals surface area contributed by atoms with E-state index < -0.39 is 11.7 Å². The molecule has 164 valence electrons. The first kappa shape index (κ1) is 21.8. The summed E-state index contributed by atoms with van der Waals surface area (Å²) in [4.78, 5) is 9.05. The van der Waals surface area contributed by atoms with Gasteiger partial charge in [-0.3, -0.25) is 4.98 Å². The highest BCUT2D eigenvalue weighted by Gasteiger charge is 2.30. The lowest BCUT2D eigenvalue weighted by Crippen LogP contribution is -2.04. The molecule has 0 radical (unpaired) electrons. The van der Waals surface area contributed by atoms with E-state index in [1.54, 1.807) is 26.3 Å². The topological polar surface area (TPSA) is 44.2 Å². The lowest BCUT2D eigenvalue weighted by atomic mass is 10.0. The second-order valence-corrected chi connectivity index (χ2v) is 7.35. The fourth-order valence-corrected chi connectivity index (χ4v) is 3.40. The van der Waals surface area contributed by atoms with E-state index in [0.717, 1.165) is 29.0 Å². The molecule has 0 unspecified atom stereocenters. The zero-order valence-electron chi connectivity index (χ0n) is 17.6. The summed E-state index contributed by atoms with van der Waals surface area (Å²) in [5.41, 5.74) is 3.73. The third-order valence-corrected chi connectivity index (χ3v) is 5.11.